The summed E-state index contributed by atoms with van der Waals surface area (Å²) in [7, 11) is 1.74. The molecule has 1 aromatic rings. The molecule has 2 rings (SSSR count). The fraction of sp³-hybridized carbons (Fsp3) is 0.600. The SMILES string of the molecule is CCC(O)c1ccc(N(CCOC)C2CC2)cc1. The van der Waals surface area contributed by atoms with Crippen molar-refractivity contribution >= 4 is 5.69 Å². The number of nitrogens with zero attached hydrogens (tertiary/aromatic N) is 1. The van der Waals surface area contributed by atoms with Gasteiger partial charge in [0, 0.05) is 25.4 Å². The van der Waals surface area contributed by atoms with Gasteiger partial charge in [0.15, 0.2) is 0 Å². The second-order valence-electron chi connectivity index (χ2n) is 4.93. The van der Waals surface area contributed by atoms with E-state index in [1.807, 2.05) is 19.1 Å². The van der Waals surface area contributed by atoms with Gasteiger partial charge < -0.3 is 14.7 Å². The molecular weight excluding hydrogens is 226 g/mol. The molecule has 0 spiro atoms. The molecule has 1 unspecified atom stereocenters. The van der Waals surface area contributed by atoms with Gasteiger partial charge in [-0.15, -0.1) is 0 Å². The van der Waals surface area contributed by atoms with Crippen molar-refractivity contribution < 1.29 is 9.84 Å². The van der Waals surface area contributed by atoms with Gasteiger partial charge in [-0.1, -0.05) is 19.1 Å². The first-order valence-corrected chi connectivity index (χ1v) is 6.80. The average molecular weight is 249 g/mol. The summed E-state index contributed by atoms with van der Waals surface area (Å²) in [4.78, 5) is 2.41. The van der Waals surface area contributed by atoms with Crippen molar-refractivity contribution in [3.8, 4) is 0 Å². The van der Waals surface area contributed by atoms with Crippen molar-refractivity contribution in [2.24, 2.45) is 0 Å². The third-order valence-corrected chi connectivity index (χ3v) is 3.52. The second-order valence-corrected chi connectivity index (χ2v) is 4.93. The Kier molecular flexibility index (Phi) is 4.61. The number of methoxy groups -OCH3 is 1. The second kappa shape index (κ2) is 6.21. The molecule has 3 heteroatoms. The van der Waals surface area contributed by atoms with Crippen molar-refractivity contribution in [1.82, 2.24) is 0 Å². The van der Waals surface area contributed by atoms with Crippen LogP contribution in [0.3, 0.4) is 0 Å². The van der Waals surface area contributed by atoms with Gasteiger partial charge in [-0.05, 0) is 37.0 Å². The first kappa shape index (κ1) is 13.4. The van der Waals surface area contributed by atoms with Crippen molar-refractivity contribution in [2.75, 3.05) is 25.2 Å². The molecule has 100 valence electrons. The van der Waals surface area contributed by atoms with Gasteiger partial charge in [0.05, 0.1) is 12.7 Å². The van der Waals surface area contributed by atoms with Crippen LogP contribution >= 0.6 is 0 Å². The summed E-state index contributed by atoms with van der Waals surface area (Å²) in [5.74, 6) is 0. The number of aliphatic hydroxyl groups is 1. The van der Waals surface area contributed by atoms with Gasteiger partial charge in [-0.25, -0.2) is 0 Å². The van der Waals surface area contributed by atoms with Crippen LogP contribution in [0.5, 0.6) is 0 Å². The Morgan fingerprint density at radius 1 is 1.33 bits per heavy atom. The Hall–Kier alpha value is -1.06. The molecule has 1 atom stereocenters. The minimum Gasteiger partial charge on any atom is -0.388 e. The molecule has 0 heterocycles. The number of anilines is 1. The number of rotatable bonds is 7. The average Bonchev–Trinajstić information content (AvgIpc) is 3.24. The van der Waals surface area contributed by atoms with Crippen LogP contribution in [0.4, 0.5) is 5.69 Å². The predicted octanol–water partition coefficient (Wildman–Crippen LogP) is 2.75. The Bertz CT molecular complexity index is 359. The van der Waals surface area contributed by atoms with E-state index < -0.39 is 0 Å². The Morgan fingerprint density at radius 2 is 2.00 bits per heavy atom. The van der Waals surface area contributed by atoms with E-state index >= 15 is 0 Å². The van der Waals surface area contributed by atoms with Crippen molar-refractivity contribution in [2.45, 2.75) is 38.3 Å². The fourth-order valence-electron chi connectivity index (χ4n) is 2.22. The quantitative estimate of drug-likeness (QED) is 0.806. The van der Waals surface area contributed by atoms with Crippen molar-refractivity contribution in [3.05, 3.63) is 29.8 Å². The molecule has 0 radical (unpaired) electrons. The summed E-state index contributed by atoms with van der Waals surface area (Å²) >= 11 is 0. The Morgan fingerprint density at radius 3 is 2.50 bits per heavy atom. The standard InChI is InChI=1S/C15H23NO2/c1-3-15(17)12-4-6-13(7-5-12)16(10-11-18-2)14-8-9-14/h4-7,14-15,17H,3,8-11H2,1-2H3. The Labute approximate surface area is 109 Å². The molecule has 1 aromatic carbocycles. The van der Waals surface area contributed by atoms with E-state index in [0.717, 1.165) is 25.1 Å². The van der Waals surface area contributed by atoms with Gasteiger partial charge in [0.2, 0.25) is 0 Å². The zero-order chi connectivity index (χ0) is 13.0. The molecule has 3 nitrogen and oxygen atoms in total. The van der Waals surface area contributed by atoms with E-state index in [1.165, 1.54) is 18.5 Å². The monoisotopic (exact) mass is 249 g/mol. The van der Waals surface area contributed by atoms with Gasteiger partial charge >= 0.3 is 0 Å². The molecule has 1 aliphatic rings. The van der Waals surface area contributed by atoms with Crippen molar-refractivity contribution in [3.63, 3.8) is 0 Å². The molecule has 1 fully saturated rings. The van der Waals surface area contributed by atoms with E-state index in [2.05, 4.69) is 17.0 Å². The van der Waals surface area contributed by atoms with Crippen LogP contribution in [-0.2, 0) is 4.74 Å². The lowest BCUT2D eigenvalue weighted by Crippen LogP contribution is -2.29. The minimum absolute atomic E-state index is 0.340. The molecule has 0 amide bonds. The number of hydrogen-bond donors (Lipinski definition) is 1. The first-order valence-electron chi connectivity index (χ1n) is 6.80. The smallest absolute Gasteiger partial charge is 0.0787 e. The number of aliphatic hydroxyl groups excluding tert-OH is 1. The van der Waals surface area contributed by atoms with Crippen LogP contribution in [0, 0.1) is 0 Å². The maximum atomic E-state index is 9.79. The molecule has 0 aromatic heterocycles. The van der Waals surface area contributed by atoms with Crippen LogP contribution in [0.2, 0.25) is 0 Å². The van der Waals surface area contributed by atoms with Crippen LogP contribution in [-0.4, -0.2) is 31.4 Å². The molecule has 1 aliphatic carbocycles. The van der Waals surface area contributed by atoms with Gasteiger partial charge in [-0.3, -0.25) is 0 Å². The topological polar surface area (TPSA) is 32.7 Å². The van der Waals surface area contributed by atoms with E-state index in [9.17, 15) is 5.11 Å². The van der Waals surface area contributed by atoms with Gasteiger partial charge in [0.25, 0.3) is 0 Å². The summed E-state index contributed by atoms with van der Waals surface area (Å²) in [6.45, 7) is 3.69. The summed E-state index contributed by atoms with van der Waals surface area (Å²) < 4.78 is 5.17. The van der Waals surface area contributed by atoms with Gasteiger partial charge in [0.1, 0.15) is 0 Å². The highest BCUT2D eigenvalue weighted by Gasteiger charge is 2.28. The lowest BCUT2D eigenvalue weighted by molar-refractivity contribution is 0.173. The highest BCUT2D eigenvalue weighted by atomic mass is 16.5. The number of hydrogen-bond acceptors (Lipinski definition) is 3. The molecule has 18 heavy (non-hydrogen) atoms. The van der Waals surface area contributed by atoms with E-state index in [-0.39, 0.29) is 6.10 Å². The molecule has 1 saturated carbocycles. The minimum atomic E-state index is -0.340. The Balaban J connectivity index is 2.05. The van der Waals surface area contributed by atoms with Crippen LogP contribution < -0.4 is 4.90 Å². The summed E-state index contributed by atoms with van der Waals surface area (Å²) in [5.41, 5.74) is 2.24. The maximum absolute atomic E-state index is 9.79. The first-order chi connectivity index (χ1) is 8.76. The summed E-state index contributed by atoms with van der Waals surface area (Å²) in [6, 6.07) is 8.98. The molecule has 0 bridgehead atoms. The van der Waals surface area contributed by atoms with E-state index in [1.54, 1.807) is 7.11 Å². The largest absolute Gasteiger partial charge is 0.388 e. The molecular formula is C15H23NO2. The predicted molar refractivity (Wildman–Crippen MR) is 73.9 cm³/mol. The lowest BCUT2D eigenvalue weighted by Gasteiger charge is -2.24. The number of ether oxygens (including phenoxy) is 1. The lowest BCUT2D eigenvalue weighted by atomic mass is 10.1. The van der Waals surface area contributed by atoms with E-state index in [0.29, 0.717) is 6.04 Å². The zero-order valence-electron chi connectivity index (χ0n) is 11.3. The molecule has 0 aliphatic heterocycles. The molecule has 0 saturated heterocycles. The molecule has 1 N–H and O–H groups in total. The van der Waals surface area contributed by atoms with Crippen LogP contribution in [0.15, 0.2) is 24.3 Å². The third-order valence-electron chi connectivity index (χ3n) is 3.52. The summed E-state index contributed by atoms with van der Waals surface area (Å²) in [6.07, 6.45) is 2.98. The summed E-state index contributed by atoms with van der Waals surface area (Å²) in [5, 5.41) is 9.79. The maximum Gasteiger partial charge on any atom is 0.0787 e. The van der Waals surface area contributed by atoms with E-state index in [4.69, 9.17) is 4.74 Å². The van der Waals surface area contributed by atoms with Crippen LogP contribution in [0.25, 0.3) is 0 Å². The highest BCUT2D eigenvalue weighted by molar-refractivity contribution is 5.50. The van der Waals surface area contributed by atoms with Gasteiger partial charge in [-0.2, -0.15) is 0 Å². The zero-order valence-corrected chi connectivity index (χ0v) is 11.3. The third kappa shape index (κ3) is 3.24. The van der Waals surface area contributed by atoms with Crippen molar-refractivity contribution in [1.29, 1.82) is 0 Å². The number of benzene rings is 1. The fourth-order valence-corrected chi connectivity index (χ4v) is 2.22. The van der Waals surface area contributed by atoms with Crippen LogP contribution in [0.1, 0.15) is 37.9 Å². The highest BCUT2D eigenvalue weighted by Crippen LogP contribution is 2.32. The normalized spacial score (nSPS) is 16.6.